The van der Waals surface area contributed by atoms with Gasteiger partial charge in [-0.25, -0.2) is 4.79 Å². The molecule has 0 fully saturated rings. The van der Waals surface area contributed by atoms with Crippen molar-refractivity contribution in [1.29, 1.82) is 0 Å². The number of carbonyl (C=O) groups is 1. The molecule has 3 rings (SSSR count). The SMILES string of the molecule is Cc1ccccc1Cc1ccc2ccccc2c1C(=O)O. The molecular formula is C19H16O2. The molecule has 104 valence electrons. The maximum atomic E-state index is 11.7. The van der Waals surface area contributed by atoms with Crippen molar-refractivity contribution in [2.75, 3.05) is 0 Å². The number of hydrogen-bond acceptors (Lipinski definition) is 1. The Hall–Kier alpha value is -2.61. The summed E-state index contributed by atoms with van der Waals surface area (Å²) in [5, 5.41) is 11.4. The molecule has 0 amide bonds. The molecule has 2 nitrogen and oxygen atoms in total. The van der Waals surface area contributed by atoms with E-state index in [1.807, 2.05) is 48.5 Å². The van der Waals surface area contributed by atoms with Crippen molar-refractivity contribution in [3.8, 4) is 0 Å². The van der Waals surface area contributed by atoms with Crippen molar-refractivity contribution in [2.45, 2.75) is 13.3 Å². The Kier molecular flexibility index (Phi) is 3.44. The Morgan fingerprint density at radius 1 is 0.905 bits per heavy atom. The molecule has 3 aromatic carbocycles. The van der Waals surface area contributed by atoms with Gasteiger partial charge in [0.25, 0.3) is 0 Å². The fourth-order valence-electron chi connectivity index (χ4n) is 2.73. The van der Waals surface area contributed by atoms with Crippen LogP contribution in [0.5, 0.6) is 0 Å². The topological polar surface area (TPSA) is 37.3 Å². The number of carboxylic acids is 1. The molecule has 3 aromatic rings. The molecule has 0 atom stereocenters. The van der Waals surface area contributed by atoms with Crippen molar-refractivity contribution in [3.63, 3.8) is 0 Å². The highest BCUT2D eigenvalue weighted by molar-refractivity contribution is 6.05. The Morgan fingerprint density at radius 2 is 1.62 bits per heavy atom. The van der Waals surface area contributed by atoms with Crippen molar-refractivity contribution < 1.29 is 9.90 Å². The number of hydrogen-bond donors (Lipinski definition) is 1. The first-order valence-electron chi connectivity index (χ1n) is 6.95. The number of benzene rings is 3. The van der Waals surface area contributed by atoms with Crippen LogP contribution in [0.1, 0.15) is 27.0 Å². The van der Waals surface area contributed by atoms with Crippen LogP contribution >= 0.6 is 0 Å². The van der Waals surface area contributed by atoms with Crippen LogP contribution < -0.4 is 0 Å². The zero-order valence-electron chi connectivity index (χ0n) is 11.8. The predicted octanol–water partition coefficient (Wildman–Crippen LogP) is 4.44. The lowest BCUT2D eigenvalue weighted by atomic mass is 9.93. The summed E-state index contributed by atoms with van der Waals surface area (Å²) in [5.74, 6) is -0.865. The van der Waals surface area contributed by atoms with E-state index in [9.17, 15) is 9.90 Å². The second kappa shape index (κ2) is 5.41. The van der Waals surface area contributed by atoms with Gasteiger partial charge in [-0.3, -0.25) is 0 Å². The number of fused-ring (bicyclic) bond motifs is 1. The fourth-order valence-corrected chi connectivity index (χ4v) is 2.73. The van der Waals surface area contributed by atoms with E-state index in [1.54, 1.807) is 0 Å². The van der Waals surface area contributed by atoms with Crippen LogP contribution in [0.4, 0.5) is 0 Å². The van der Waals surface area contributed by atoms with Crippen LogP contribution in [0, 0.1) is 6.92 Å². The van der Waals surface area contributed by atoms with E-state index in [0.29, 0.717) is 12.0 Å². The second-order valence-electron chi connectivity index (χ2n) is 5.23. The highest BCUT2D eigenvalue weighted by Gasteiger charge is 2.15. The van der Waals surface area contributed by atoms with E-state index < -0.39 is 5.97 Å². The second-order valence-corrected chi connectivity index (χ2v) is 5.23. The molecule has 0 aliphatic heterocycles. The summed E-state index contributed by atoms with van der Waals surface area (Å²) in [6.07, 6.45) is 0.638. The Labute approximate surface area is 123 Å². The summed E-state index contributed by atoms with van der Waals surface area (Å²) in [6.45, 7) is 2.05. The third-order valence-corrected chi connectivity index (χ3v) is 3.87. The van der Waals surface area contributed by atoms with E-state index in [4.69, 9.17) is 0 Å². The fraction of sp³-hybridized carbons (Fsp3) is 0.105. The van der Waals surface area contributed by atoms with Crippen LogP contribution in [0.15, 0.2) is 60.7 Å². The average Bonchev–Trinajstić information content (AvgIpc) is 2.49. The third kappa shape index (κ3) is 2.52. The lowest BCUT2D eigenvalue weighted by Crippen LogP contribution is -2.05. The highest BCUT2D eigenvalue weighted by atomic mass is 16.4. The monoisotopic (exact) mass is 276 g/mol. The molecular weight excluding hydrogens is 260 g/mol. The minimum absolute atomic E-state index is 0.413. The molecule has 0 unspecified atom stereocenters. The molecule has 0 aliphatic carbocycles. The number of carboxylic acid groups (broad SMARTS) is 1. The van der Waals surface area contributed by atoms with Gasteiger partial charge in [0, 0.05) is 0 Å². The van der Waals surface area contributed by atoms with Gasteiger partial charge < -0.3 is 5.11 Å². The lowest BCUT2D eigenvalue weighted by molar-refractivity contribution is 0.0698. The third-order valence-electron chi connectivity index (χ3n) is 3.87. The Morgan fingerprint density at radius 3 is 2.38 bits per heavy atom. The first-order valence-corrected chi connectivity index (χ1v) is 6.95. The van der Waals surface area contributed by atoms with Gasteiger partial charge in [0.1, 0.15) is 0 Å². The maximum absolute atomic E-state index is 11.7. The molecule has 0 aromatic heterocycles. The molecule has 0 bridgehead atoms. The minimum atomic E-state index is -0.865. The first kappa shape index (κ1) is 13.4. The molecule has 2 heteroatoms. The number of aromatic carboxylic acids is 1. The summed E-state index contributed by atoms with van der Waals surface area (Å²) in [7, 11) is 0. The predicted molar refractivity (Wildman–Crippen MR) is 84.9 cm³/mol. The quantitative estimate of drug-likeness (QED) is 0.768. The van der Waals surface area contributed by atoms with Gasteiger partial charge >= 0.3 is 5.97 Å². The molecule has 0 heterocycles. The van der Waals surface area contributed by atoms with Gasteiger partial charge in [0.15, 0.2) is 0 Å². The molecule has 0 spiro atoms. The smallest absolute Gasteiger partial charge is 0.336 e. The van der Waals surface area contributed by atoms with Gasteiger partial charge in [-0.1, -0.05) is 60.7 Å². The number of aryl methyl sites for hydroxylation is 1. The molecule has 1 N–H and O–H groups in total. The van der Waals surface area contributed by atoms with Crippen molar-refractivity contribution in [3.05, 3.63) is 82.9 Å². The van der Waals surface area contributed by atoms with Gasteiger partial charge in [-0.2, -0.15) is 0 Å². The van der Waals surface area contributed by atoms with Gasteiger partial charge in [-0.15, -0.1) is 0 Å². The van der Waals surface area contributed by atoms with Crippen LogP contribution in [0.3, 0.4) is 0 Å². The molecule has 0 saturated carbocycles. The summed E-state index contributed by atoms with van der Waals surface area (Å²) >= 11 is 0. The summed E-state index contributed by atoms with van der Waals surface area (Å²) < 4.78 is 0. The first-order chi connectivity index (χ1) is 10.2. The van der Waals surface area contributed by atoms with Gasteiger partial charge in [0.2, 0.25) is 0 Å². The van der Waals surface area contributed by atoms with E-state index in [2.05, 4.69) is 19.1 Å². The van der Waals surface area contributed by atoms with Crippen LogP contribution in [-0.4, -0.2) is 11.1 Å². The summed E-state index contributed by atoms with van der Waals surface area (Å²) in [5.41, 5.74) is 3.61. The van der Waals surface area contributed by atoms with Crippen LogP contribution in [0.2, 0.25) is 0 Å². The Balaban J connectivity index is 2.17. The summed E-state index contributed by atoms with van der Waals surface area (Å²) in [4.78, 5) is 11.7. The van der Waals surface area contributed by atoms with E-state index >= 15 is 0 Å². The highest BCUT2D eigenvalue weighted by Crippen LogP contribution is 2.25. The van der Waals surface area contributed by atoms with E-state index in [0.717, 1.165) is 21.9 Å². The van der Waals surface area contributed by atoms with Crippen molar-refractivity contribution in [2.24, 2.45) is 0 Å². The van der Waals surface area contributed by atoms with Gasteiger partial charge in [0.05, 0.1) is 5.56 Å². The van der Waals surface area contributed by atoms with Crippen molar-refractivity contribution in [1.82, 2.24) is 0 Å². The Bertz CT molecular complexity index is 819. The maximum Gasteiger partial charge on any atom is 0.336 e. The number of rotatable bonds is 3. The molecule has 0 radical (unpaired) electrons. The molecule has 0 aliphatic rings. The van der Waals surface area contributed by atoms with Gasteiger partial charge in [-0.05, 0) is 40.8 Å². The van der Waals surface area contributed by atoms with Crippen molar-refractivity contribution >= 4 is 16.7 Å². The average molecular weight is 276 g/mol. The largest absolute Gasteiger partial charge is 0.478 e. The zero-order chi connectivity index (χ0) is 14.8. The molecule has 21 heavy (non-hydrogen) atoms. The zero-order valence-corrected chi connectivity index (χ0v) is 11.8. The van der Waals surface area contributed by atoms with Crippen LogP contribution in [-0.2, 0) is 6.42 Å². The normalized spacial score (nSPS) is 10.7. The minimum Gasteiger partial charge on any atom is -0.478 e. The summed E-state index contributed by atoms with van der Waals surface area (Å²) in [6, 6.07) is 19.6. The lowest BCUT2D eigenvalue weighted by Gasteiger charge is -2.11. The van der Waals surface area contributed by atoms with E-state index in [-0.39, 0.29) is 0 Å². The van der Waals surface area contributed by atoms with E-state index in [1.165, 1.54) is 5.56 Å². The van der Waals surface area contributed by atoms with Crippen LogP contribution in [0.25, 0.3) is 10.8 Å². The standard InChI is InChI=1S/C19H16O2/c1-13-6-2-3-8-15(13)12-16-11-10-14-7-4-5-9-17(14)18(16)19(20)21/h2-11H,12H2,1H3,(H,20,21). The molecule has 0 saturated heterocycles.